The van der Waals surface area contributed by atoms with Gasteiger partial charge in [-0.2, -0.15) is 0 Å². The fourth-order valence-electron chi connectivity index (χ4n) is 5.43. The molecule has 0 fully saturated rings. The normalized spacial score (nSPS) is 11.1. The van der Waals surface area contributed by atoms with E-state index in [4.69, 9.17) is 9.47 Å². The van der Waals surface area contributed by atoms with Gasteiger partial charge >= 0.3 is 11.9 Å². The molecule has 5 aromatic carbocycles. The van der Waals surface area contributed by atoms with E-state index in [0.29, 0.717) is 22.3 Å². The van der Waals surface area contributed by atoms with Gasteiger partial charge < -0.3 is 14.0 Å². The fourth-order valence-corrected chi connectivity index (χ4v) is 5.43. The number of nitrogens with zero attached hydrogens (tertiary/aromatic N) is 1. The molecule has 202 valence electrons. The van der Waals surface area contributed by atoms with Crippen molar-refractivity contribution in [2.45, 2.75) is 20.3 Å². The maximum absolute atomic E-state index is 13.4. The summed E-state index contributed by atoms with van der Waals surface area (Å²) in [4.78, 5) is 26.6. The molecule has 41 heavy (non-hydrogen) atoms. The number of esters is 2. The molecule has 5 heteroatoms. The number of ether oxygens (including phenoxy) is 2. The van der Waals surface area contributed by atoms with E-state index in [1.165, 1.54) is 5.56 Å². The van der Waals surface area contributed by atoms with Crippen molar-refractivity contribution >= 4 is 33.6 Å². The lowest BCUT2D eigenvalue weighted by Gasteiger charge is -2.13. The molecule has 5 nitrogen and oxygen atoms in total. The highest BCUT2D eigenvalue weighted by atomic mass is 16.5. The molecular formula is C36H29NO4. The predicted molar refractivity (Wildman–Crippen MR) is 162 cm³/mol. The molecule has 0 bridgehead atoms. The number of rotatable bonds is 7. The molecule has 1 aromatic heterocycles. The van der Waals surface area contributed by atoms with Crippen LogP contribution in [0.25, 0.3) is 27.4 Å². The van der Waals surface area contributed by atoms with Crippen molar-refractivity contribution < 1.29 is 19.1 Å². The Bertz CT molecular complexity index is 1870. The van der Waals surface area contributed by atoms with Gasteiger partial charge in [-0.15, -0.1) is 0 Å². The van der Waals surface area contributed by atoms with Crippen molar-refractivity contribution in [1.82, 2.24) is 4.57 Å². The van der Waals surface area contributed by atoms with E-state index in [2.05, 4.69) is 16.7 Å². The highest BCUT2D eigenvalue weighted by Crippen LogP contribution is 2.40. The van der Waals surface area contributed by atoms with Crippen LogP contribution < -0.4 is 4.74 Å². The van der Waals surface area contributed by atoms with Crippen molar-refractivity contribution in [1.29, 1.82) is 0 Å². The Balaban J connectivity index is 1.44. The monoisotopic (exact) mass is 539 g/mol. The van der Waals surface area contributed by atoms with Gasteiger partial charge in [0.1, 0.15) is 5.75 Å². The van der Waals surface area contributed by atoms with Gasteiger partial charge in [0.25, 0.3) is 0 Å². The van der Waals surface area contributed by atoms with E-state index in [-0.39, 0.29) is 6.61 Å². The number of hydrogen-bond acceptors (Lipinski definition) is 4. The lowest BCUT2D eigenvalue weighted by molar-refractivity contribution is 0.0527. The van der Waals surface area contributed by atoms with E-state index < -0.39 is 11.9 Å². The number of hydrogen-bond donors (Lipinski definition) is 0. The van der Waals surface area contributed by atoms with Crippen LogP contribution in [-0.2, 0) is 11.2 Å². The number of para-hydroxylation sites is 1. The summed E-state index contributed by atoms with van der Waals surface area (Å²) in [6.07, 6.45) is 0.784. The Kier molecular flexibility index (Phi) is 7.09. The minimum Gasteiger partial charge on any atom is -0.462 e. The number of carbonyl (C=O) groups is 2. The van der Waals surface area contributed by atoms with Gasteiger partial charge in [0.15, 0.2) is 0 Å². The quantitative estimate of drug-likeness (QED) is 0.152. The second-order valence-corrected chi connectivity index (χ2v) is 9.92. The van der Waals surface area contributed by atoms with Crippen LogP contribution in [0.3, 0.4) is 0 Å². The summed E-state index contributed by atoms with van der Waals surface area (Å²) < 4.78 is 13.6. The second-order valence-electron chi connectivity index (χ2n) is 9.92. The Morgan fingerprint density at radius 3 is 1.98 bits per heavy atom. The molecule has 0 aliphatic carbocycles. The van der Waals surface area contributed by atoms with Crippen LogP contribution in [0.5, 0.6) is 5.75 Å². The van der Waals surface area contributed by atoms with E-state index in [0.717, 1.165) is 39.7 Å². The number of aromatic nitrogens is 1. The largest absolute Gasteiger partial charge is 0.462 e. The second kappa shape index (κ2) is 11.1. The third-order valence-corrected chi connectivity index (χ3v) is 7.31. The molecule has 0 amide bonds. The highest BCUT2D eigenvalue weighted by molar-refractivity contribution is 6.17. The van der Waals surface area contributed by atoms with Gasteiger partial charge in [-0.3, -0.25) is 0 Å². The lowest BCUT2D eigenvalue weighted by atomic mass is 10.0. The zero-order valence-electron chi connectivity index (χ0n) is 23.0. The summed E-state index contributed by atoms with van der Waals surface area (Å²) in [5, 5.41) is 2.32. The van der Waals surface area contributed by atoms with Crippen molar-refractivity contribution in [3.8, 4) is 11.4 Å². The van der Waals surface area contributed by atoms with Crippen molar-refractivity contribution in [2.24, 2.45) is 0 Å². The van der Waals surface area contributed by atoms with Gasteiger partial charge in [0.05, 0.1) is 23.3 Å². The minimum atomic E-state index is -0.460. The zero-order valence-corrected chi connectivity index (χ0v) is 23.0. The summed E-state index contributed by atoms with van der Waals surface area (Å²) in [5.41, 5.74) is 5.77. The minimum absolute atomic E-state index is 0.256. The molecule has 6 aromatic rings. The van der Waals surface area contributed by atoms with Gasteiger partial charge in [0.2, 0.25) is 0 Å². The summed E-state index contributed by atoms with van der Waals surface area (Å²) in [6.45, 7) is 3.96. The molecule has 0 unspecified atom stereocenters. The number of benzene rings is 5. The summed E-state index contributed by atoms with van der Waals surface area (Å²) in [5.74, 6) is -0.480. The first-order valence-corrected chi connectivity index (χ1v) is 13.7. The first-order chi connectivity index (χ1) is 20.0. The molecule has 0 N–H and O–H groups in total. The van der Waals surface area contributed by atoms with Crippen molar-refractivity contribution in [2.75, 3.05) is 6.61 Å². The third kappa shape index (κ3) is 4.98. The summed E-state index contributed by atoms with van der Waals surface area (Å²) in [6, 6.07) is 37.2. The number of fused-ring (bicyclic) bond motifs is 3. The van der Waals surface area contributed by atoms with Gasteiger partial charge in [-0.25, -0.2) is 9.59 Å². The molecule has 0 atom stereocenters. The fraction of sp³-hybridized carbons (Fsp3) is 0.111. The van der Waals surface area contributed by atoms with Crippen LogP contribution in [0.4, 0.5) is 0 Å². The highest BCUT2D eigenvalue weighted by Gasteiger charge is 2.25. The van der Waals surface area contributed by atoms with Crippen LogP contribution in [0.1, 0.15) is 44.5 Å². The van der Waals surface area contributed by atoms with Gasteiger partial charge in [-0.1, -0.05) is 84.9 Å². The topological polar surface area (TPSA) is 57.5 Å². The molecule has 0 spiro atoms. The third-order valence-electron chi connectivity index (χ3n) is 7.31. The predicted octanol–water partition coefficient (Wildman–Crippen LogP) is 8.08. The van der Waals surface area contributed by atoms with Crippen LogP contribution in [0, 0.1) is 6.92 Å². The standard InChI is InChI=1S/C36H29NO4/c1-3-40-36(39)33-24(2)37(28-14-8-5-9-15-28)34-30-17-11-10-16-29(30)32(23-31(33)34)41-35(38)27-20-18-26(19-21-27)22-25-12-6-4-7-13-25/h4-21,23H,3,22H2,1-2H3. The number of carbonyl (C=O) groups excluding carboxylic acids is 2. The maximum Gasteiger partial charge on any atom is 0.343 e. The van der Waals surface area contributed by atoms with E-state index in [1.54, 1.807) is 25.1 Å². The van der Waals surface area contributed by atoms with Gasteiger partial charge in [0, 0.05) is 27.5 Å². The van der Waals surface area contributed by atoms with E-state index in [9.17, 15) is 9.59 Å². The summed E-state index contributed by atoms with van der Waals surface area (Å²) in [7, 11) is 0. The van der Waals surface area contributed by atoms with Crippen LogP contribution in [-0.4, -0.2) is 23.1 Å². The van der Waals surface area contributed by atoms with Crippen molar-refractivity contribution in [3.05, 3.63) is 143 Å². The molecule has 6 rings (SSSR count). The average molecular weight is 540 g/mol. The Hall–Kier alpha value is -5.16. The van der Waals surface area contributed by atoms with Crippen LogP contribution in [0.2, 0.25) is 0 Å². The van der Waals surface area contributed by atoms with E-state index in [1.807, 2.05) is 91.9 Å². The molecule has 0 saturated heterocycles. The lowest BCUT2D eigenvalue weighted by Crippen LogP contribution is -2.09. The first-order valence-electron chi connectivity index (χ1n) is 13.7. The molecular weight excluding hydrogens is 510 g/mol. The average Bonchev–Trinajstić information content (AvgIpc) is 3.30. The molecule has 0 radical (unpaired) electrons. The first kappa shape index (κ1) is 26.1. The summed E-state index contributed by atoms with van der Waals surface area (Å²) >= 11 is 0. The van der Waals surface area contributed by atoms with Crippen LogP contribution in [0.15, 0.2) is 115 Å². The zero-order chi connectivity index (χ0) is 28.3. The SMILES string of the molecule is CCOC(=O)c1c(C)n(-c2ccccc2)c2c1cc(OC(=O)c1ccc(Cc3ccccc3)cc1)c1ccccc12. The Morgan fingerprint density at radius 2 is 1.29 bits per heavy atom. The molecule has 0 saturated carbocycles. The Labute approximate surface area is 238 Å². The van der Waals surface area contributed by atoms with Crippen LogP contribution >= 0.6 is 0 Å². The van der Waals surface area contributed by atoms with Crippen molar-refractivity contribution in [3.63, 3.8) is 0 Å². The molecule has 0 aliphatic heterocycles. The molecule has 1 heterocycles. The maximum atomic E-state index is 13.4. The molecule has 0 aliphatic rings. The van der Waals surface area contributed by atoms with E-state index >= 15 is 0 Å². The smallest absolute Gasteiger partial charge is 0.343 e. The Morgan fingerprint density at radius 1 is 0.683 bits per heavy atom. The van der Waals surface area contributed by atoms with Gasteiger partial charge in [-0.05, 0) is 61.7 Å².